The standard InChI is InChI=1S/C20H23N3S/c1-2-4-16-12-20(11-15(16)3-1)7-9-23(10-8-20)18-13-22-19(14-21-18)24-17-5-6-17/h1-4,13-14,17H,5-12H2. The first-order valence-electron chi connectivity index (χ1n) is 9.10. The third-order valence-corrected chi connectivity index (χ3v) is 7.08. The van der Waals surface area contributed by atoms with Crippen molar-refractivity contribution in [3.63, 3.8) is 0 Å². The van der Waals surface area contributed by atoms with E-state index >= 15 is 0 Å². The number of fused-ring (bicyclic) bond motifs is 1. The van der Waals surface area contributed by atoms with Gasteiger partial charge in [-0.15, -0.1) is 11.8 Å². The van der Waals surface area contributed by atoms with Crippen LogP contribution in [-0.4, -0.2) is 28.3 Å². The highest BCUT2D eigenvalue weighted by Gasteiger charge is 2.39. The smallest absolute Gasteiger partial charge is 0.147 e. The molecular weight excluding hydrogens is 314 g/mol. The van der Waals surface area contributed by atoms with Crippen molar-refractivity contribution in [3.05, 3.63) is 47.8 Å². The average molecular weight is 337 g/mol. The minimum Gasteiger partial charge on any atom is -0.355 e. The van der Waals surface area contributed by atoms with E-state index in [1.54, 1.807) is 11.1 Å². The number of benzene rings is 1. The van der Waals surface area contributed by atoms with E-state index in [9.17, 15) is 0 Å². The third-order valence-electron chi connectivity index (χ3n) is 5.82. The van der Waals surface area contributed by atoms with Gasteiger partial charge in [-0.1, -0.05) is 24.3 Å². The van der Waals surface area contributed by atoms with Crippen LogP contribution in [-0.2, 0) is 12.8 Å². The van der Waals surface area contributed by atoms with Crippen LogP contribution in [0.3, 0.4) is 0 Å². The summed E-state index contributed by atoms with van der Waals surface area (Å²) in [6, 6.07) is 9.00. The summed E-state index contributed by atoms with van der Waals surface area (Å²) in [5.41, 5.74) is 3.65. The van der Waals surface area contributed by atoms with Gasteiger partial charge in [-0.3, -0.25) is 0 Å². The Hall–Kier alpha value is -1.55. The van der Waals surface area contributed by atoms with Crippen LogP contribution in [0.2, 0.25) is 0 Å². The van der Waals surface area contributed by atoms with Crippen LogP contribution in [0.25, 0.3) is 0 Å². The number of anilines is 1. The molecule has 5 rings (SSSR count). The van der Waals surface area contributed by atoms with Gasteiger partial charge in [0, 0.05) is 18.3 Å². The molecule has 2 aliphatic carbocycles. The molecule has 2 heterocycles. The van der Waals surface area contributed by atoms with E-state index in [-0.39, 0.29) is 0 Å². The normalized spacial score (nSPS) is 21.9. The molecule has 2 fully saturated rings. The molecule has 124 valence electrons. The number of nitrogens with zero attached hydrogens (tertiary/aromatic N) is 3. The number of rotatable bonds is 3. The summed E-state index contributed by atoms with van der Waals surface area (Å²) in [7, 11) is 0. The second-order valence-corrected chi connectivity index (χ2v) is 8.96. The molecule has 24 heavy (non-hydrogen) atoms. The number of thioether (sulfide) groups is 1. The molecule has 1 saturated heterocycles. The zero-order valence-corrected chi connectivity index (χ0v) is 14.8. The van der Waals surface area contributed by atoms with Gasteiger partial charge in [0.05, 0.1) is 12.4 Å². The summed E-state index contributed by atoms with van der Waals surface area (Å²) < 4.78 is 0. The second-order valence-electron chi connectivity index (χ2n) is 7.64. The highest BCUT2D eigenvalue weighted by Crippen LogP contribution is 2.45. The van der Waals surface area contributed by atoms with Gasteiger partial charge in [0.2, 0.25) is 0 Å². The van der Waals surface area contributed by atoms with E-state index < -0.39 is 0 Å². The van der Waals surface area contributed by atoms with E-state index in [1.807, 2.05) is 24.2 Å². The monoisotopic (exact) mass is 337 g/mol. The van der Waals surface area contributed by atoms with Crippen LogP contribution in [0, 0.1) is 5.41 Å². The Balaban J connectivity index is 1.24. The molecule has 0 atom stereocenters. The van der Waals surface area contributed by atoms with Crippen molar-refractivity contribution in [1.29, 1.82) is 0 Å². The Morgan fingerprint density at radius 2 is 1.67 bits per heavy atom. The minimum atomic E-state index is 0.495. The van der Waals surface area contributed by atoms with Crippen LogP contribution in [0.4, 0.5) is 5.82 Å². The summed E-state index contributed by atoms with van der Waals surface area (Å²) in [5, 5.41) is 1.88. The van der Waals surface area contributed by atoms with Crippen LogP contribution < -0.4 is 4.90 Å². The van der Waals surface area contributed by atoms with Crippen molar-refractivity contribution in [2.75, 3.05) is 18.0 Å². The van der Waals surface area contributed by atoms with Gasteiger partial charge in [-0.2, -0.15) is 0 Å². The number of hydrogen-bond acceptors (Lipinski definition) is 4. The molecule has 1 aromatic carbocycles. The minimum absolute atomic E-state index is 0.495. The van der Waals surface area contributed by atoms with E-state index in [1.165, 1.54) is 38.5 Å². The number of hydrogen-bond donors (Lipinski definition) is 0. The molecule has 2 aromatic rings. The van der Waals surface area contributed by atoms with Crippen molar-refractivity contribution >= 4 is 17.6 Å². The first-order chi connectivity index (χ1) is 11.8. The van der Waals surface area contributed by atoms with E-state index in [4.69, 9.17) is 0 Å². The molecule has 3 aliphatic rings. The number of aromatic nitrogens is 2. The van der Waals surface area contributed by atoms with Gasteiger partial charge < -0.3 is 4.90 Å². The van der Waals surface area contributed by atoms with Crippen LogP contribution >= 0.6 is 11.8 Å². The molecule has 4 heteroatoms. The first kappa shape index (κ1) is 14.8. The predicted molar refractivity (Wildman–Crippen MR) is 98.6 cm³/mol. The lowest BCUT2D eigenvalue weighted by Crippen LogP contribution is -2.41. The molecule has 3 nitrogen and oxygen atoms in total. The SMILES string of the molecule is c1ccc2c(c1)CC1(CCN(c3cnc(SC4CC4)cn3)CC1)C2. The van der Waals surface area contributed by atoms with Crippen molar-refractivity contribution in [2.45, 2.75) is 48.8 Å². The lowest BCUT2D eigenvalue weighted by atomic mass is 9.76. The van der Waals surface area contributed by atoms with E-state index in [2.05, 4.69) is 39.1 Å². The zero-order valence-electron chi connectivity index (χ0n) is 13.9. The van der Waals surface area contributed by atoms with Crippen molar-refractivity contribution in [2.24, 2.45) is 5.41 Å². The summed E-state index contributed by atoms with van der Waals surface area (Å²) >= 11 is 1.88. The molecule has 1 aliphatic heterocycles. The maximum absolute atomic E-state index is 4.68. The predicted octanol–water partition coefficient (Wildman–Crippen LogP) is 4.12. The lowest BCUT2D eigenvalue weighted by Gasteiger charge is -2.39. The van der Waals surface area contributed by atoms with Crippen LogP contribution in [0.1, 0.15) is 36.8 Å². The quantitative estimate of drug-likeness (QED) is 0.842. The van der Waals surface area contributed by atoms with E-state index in [0.29, 0.717) is 5.41 Å². The van der Waals surface area contributed by atoms with E-state index in [0.717, 1.165) is 29.2 Å². The van der Waals surface area contributed by atoms with Crippen molar-refractivity contribution in [1.82, 2.24) is 9.97 Å². The molecule has 0 radical (unpaired) electrons. The lowest BCUT2D eigenvalue weighted by molar-refractivity contribution is 0.232. The average Bonchev–Trinajstić information content (AvgIpc) is 3.35. The molecule has 0 unspecified atom stereocenters. The fourth-order valence-corrected chi connectivity index (χ4v) is 5.17. The van der Waals surface area contributed by atoms with Crippen LogP contribution in [0.15, 0.2) is 41.7 Å². The highest BCUT2D eigenvalue weighted by molar-refractivity contribution is 8.00. The maximum Gasteiger partial charge on any atom is 0.147 e. The number of piperidine rings is 1. The Morgan fingerprint density at radius 1 is 0.958 bits per heavy atom. The topological polar surface area (TPSA) is 29.0 Å². The Labute approximate surface area is 147 Å². The summed E-state index contributed by atoms with van der Waals surface area (Å²) in [5.74, 6) is 1.06. The van der Waals surface area contributed by atoms with Gasteiger partial charge in [-0.25, -0.2) is 9.97 Å². The largest absolute Gasteiger partial charge is 0.355 e. The Bertz CT molecular complexity index is 704. The van der Waals surface area contributed by atoms with Gasteiger partial charge in [0.25, 0.3) is 0 Å². The fourth-order valence-electron chi connectivity index (χ4n) is 4.23. The first-order valence-corrected chi connectivity index (χ1v) is 9.98. The van der Waals surface area contributed by atoms with Gasteiger partial charge in [0.15, 0.2) is 0 Å². The summed E-state index contributed by atoms with van der Waals surface area (Å²) in [6.07, 6.45) is 11.7. The van der Waals surface area contributed by atoms with Crippen molar-refractivity contribution in [3.8, 4) is 0 Å². The van der Waals surface area contributed by atoms with Crippen LogP contribution in [0.5, 0.6) is 0 Å². The molecule has 0 amide bonds. The molecule has 0 N–H and O–H groups in total. The summed E-state index contributed by atoms with van der Waals surface area (Å²) in [6.45, 7) is 2.22. The van der Waals surface area contributed by atoms with Gasteiger partial charge in [0.1, 0.15) is 10.8 Å². The highest BCUT2D eigenvalue weighted by atomic mass is 32.2. The molecular formula is C20H23N3S. The van der Waals surface area contributed by atoms with Gasteiger partial charge in [-0.05, 0) is 55.1 Å². The zero-order chi connectivity index (χ0) is 16.0. The Morgan fingerprint density at radius 3 is 2.25 bits per heavy atom. The fraction of sp³-hybridized carbons (Fsp3) is 0.500. The van der Waals surface area contributed by atoms with Crippen molar-refractivity contribution < 1.29 is 0 Å². The Kier molecular flexibility index (Phi) is 3.55. The molecule has 1 spiro atoms. The summed E-state index contributed by atoms with van der Waals surface area (Å²) in [4.78, 5) is 11.7. The molecule has 0 bridgehead atoms. The molecule has 1 aromatic heterocycles. The second kappa shape index (κ2) is 5.76. The maximum atomic E-state index is 4.68. The van der Waals surface area contributed by atoms with Gasteiger partial charge >= 0.3 is 0 Å². The third kappa shape index (κ3) is 2.81. The molecule has 1 saturated carbocycles.